The lowest BCUT2D eigenvalue weighted by Gasteiger charge is -2.52. The summed E-state index contributed by atoms with van der Waals surface area (Å²) in [7, 11) is 0. The minimum absolute atomic E-state index is 0.0583. The normalized spacial score (nSPS) is 35.2. The van der Waals surface area contributed by atoms with Crippen LogP contribution in [0.2, 0.25) is 0 Å². The first-order chi connectivity index (χ1) is 15.8. The molecule has 5 rings (SSSR count). The smallest absolute Gasteiger partial charge is 0.313 e. The van der Waals surface area contributed by atoms with Crippen LogP contribution in [0.25, 0.3) is 17.2 Å². The van der Waals surface area contributed by atoms with E-state index in [2.05, 4.69) is 31.0 Å². The number of ether oxygens (including phenoxy) is 1. The van der Waals surface area contributed by atoms with Crippen molar-refractivity contribution in [2.24, 2.45) is 28.6 Å². The number of nitriles is 1. The SMILES string of the molecule is C[C@@H]1[C@@H](C)C[C@]23CC(=O)C[C@]2([C@@H](C)OC3=O)[C@H]1/C=C/c1ccc(-c2cccc(C#N)c2)cn1. The molecule has 6 atom stereocenters. The molecule has 1 aromatic heterocycles. The van der Waals surface area contributed by atoms with Gasteiger partial charge in [-0.1, -0.05) is 38.1 Å². The Morgan fingerprint density at radius 1 is 1.12 bits per heavy atom. The number of ketones is 1. The van der Waals surface area contributed by atoms with E-state index < -0.39 is 10.8 Å². The summed E-state index contributed by atoms with van der Waals surface area (Å²) < 4.78 is 5.80. The molecule has 0 unspecified atom stereocenters. The van der Waals surface area contributed by atoms with Gasteiger partial charge in [0, 0.05) is 30.0 Å². The van der Waals surface area contributed by atoms with Crippen molar-refractivity contribution in [2.75, 3.05) is 0 Å². The molecule has 0 spiro atoms. The Balaban J connectivity index is 1.47. The Kier molecular flexibility index (Phi) is 5.01. The molecule has 33 heavy (non-hydrogen) atoms. The zero-order chi connectivity index (χ0) is 23.4. The van der Waals surface area contributed by atoms with E-state index in [1.807, 2.05) is 49.5 Å². The van der Waals surface area contributed by atoms with Crippen molar-refractivity contribution in [3.8, 4) is 17.2 Å². The third-order valence-electron chi connectivity index (χ3n) is 8.59. The van der Waals surface area contributed by atoms with Crippen LogP contribution in [0.1, 0.15) is 51.3 Å². The van der Waals surface area contributed by atoms with Crippen LogP contribution >= 0.6 is 0 Å². The van der Waals surface area contributed by atoms with Gasteiger partial charge in [0.1, 0.15) is 11.9 Å². The highest BCUT2D eigenvalue weighted by molar-refractivity contribution is 5.95. The number of esters is 1. The van der Waals surface area contributed by atoms with Crippen LogP contribution < -0.4 is 0 Å². The van der Waals surface area contributed by atoms with Crippen molar-refractivity contribution in [3.63, 3.8) is 0 Å². The number of allylic oxidation sites excluding steroid dienone is 1. The molecule has 2 aliphatic carbocycles. The van der Waals surface area contributed by atoms with E-state index in [4.69, 9.17) is 10.00 Å². The van der Waals surface area contributed by atoms with Crippen LogP contribution in [-0.2, 0) is 14.3 Å². The van der Waals surface area contributed by atoms with Crippen LogP contribution in [-0.4, -0.2) is 22.8 Å². The third-order valence-corrected chi connectivity index (χ3v) is 8.59. The van der Waals surface area contributed by atoms with Gasteiger partial charge < -0.3 is 4.74 Å². The topological polar surface area (TPSA) is 80.0 Å². The molecule has 0 N–H and O–H groups in total. The van der Waals surface area contributed by atoms with Crippen LogP contribution in [0.15, 0.2) is 48.7 Å². The summed E-state index contributed by atoms with van der Waals surface area (Å²) in [5.74, 6) is 0.702. The number of carbonyl (C=O) groups excluding carboxylic acids is 2. The second kappa shape index (κ2) is 7.66. The number of Topliss-reactive ketones (excluding diaryl/α,β-unsaturated/α-hetero) is 1. The van der Waals surface area contributed by atoms with E-state index in [0.717, 1.165) is 23.2 Å². The second-order valence-electron chi connectivity index (χ2n) is 10.2. The summed E-state index contributed by atoms with van der Waals surface area (Å²) >= 11 is 0. The number of benzene rings is 1. The Bertz CT molecular complexity index is 1190. The van der Waals surface area contributed by atoms with Gasteiger partial charge in [-0.3, -0.25) is 14.6 Å². The lowest BCUT2D eigenvalue weighted by atomic mass is 9.47. The average Bonchev–Trinajstić information content (AvgIpc) is 3.22. The van der Waals surface area contributed by atoms with Gasteiger partial charge in [0.15, 0.2) is 0 Å². The molecule has 1 saturated heterocycles. The zero-order valence-electron chi connectivity index (χ0n) is 19.2. The molecule has 2 heterocycles. The first-order valence-corrected chi connectivity index (χ1v) is 11.7. The van der Waals surface area contributed by atoms with Crippen molar-refractivity contribution in [2.45, 2.75) is 46.1 Å². The number of cyclic esters (lactones) is 1. The highest BCUT2D eigenvalue weighted by atomic mass is 16.6. The van der Waals surface area contributed by atoms with E-state index in [0.29, 0.717) is 30.2 Å². The van der Waals surface area contributed by atoms with Crippen molar-refractivity contribution in [1.29, 1.82) is 5.26 Å². The highest BCUT2D eigenvalue weighted by Gasteiger charge is 2.75. The lowest BCUT2D eigenvalue weighted by Crippen LogP contribution is -2.54. The van der Waals surface area contributed by atoms with Crippen molar-refractivity contribution < 1.29 is 14.3 Å². The molecular formula is C28H28N2O3. The van der Waals surface area contributed by atoms with Crippen LogP contribution in [0, 0.1) is 39.9 Å². The quantitative estimate of drug-likeness (QED) is 0.613. The van der Waals surface area contributed by atoms with E-state index in [1.165, 1.54) is 0 Å². The van der Waals surface area contributed by atoms with Gasteiger partial charge in [0.25, 0.3) is 0 Å². The molecule has 0 radical (unpaired) electrons. The van der Waals surface area contributed by atoms with E-state index >= 15 is 0 Å². The van der Waals surface area contributed by atoms with E-state index in [-0.39, 0.29) is 23.8 Å². The maximum Gasteiger partial charge on any atom is 0.313 e. The number of rotatable bonds is 3. The predicted octanol–water partition coefficient (Wildman–Crippen LogP) is 5.21. The molecule has 2 aromatic rings. The fourth-order valence-corrected chi connectivity index (χ4v) is 6.84. The van der Waals surface area contributed by atoms with Crippen molar-refractivity contribution in [1.82, 2.24) is 4.98 Å². The standard InChI is InChI=1S/C28H28N2O3/c1-17-12-27-13-24(31)14-28(27,19(3)33-26(27)32)25(18(17)2)10-9-23-8-7-22(16-30-23)21-6-4-5-20(11-21)15-29/h4-11,16-19,25H,12-14H2,1-3H3/b10-9+/t17-,18+,19+,25-,27+,28-/m0/s1. The fourth-order valence-electron chi connectivity index (χ4n) is 6.84. The molecule has 1 aliphatic heterocycles. The summed E-state index contributed by atoms with van der Waals surface area (Å²) in [6.45, 7) is 6.38. The Hall–Kier alpha value is -3.26. The number of nitrogens with zero attached hydrogens (tertiary/aromatic N) is 2. The summed E-state index contributed by atoms with van der Waals surface area (Å²) in [6, 6.07) is 13.6. The number of hydrogen-bond donors (Lipinski definition) is 0. The Labute approximate surface area is 194 Å². The number of pyridine rings is 1. The molecule has 5 heteroatoms. The maximum absolute atomic E-state index is 13.0. The molecule has 3 fully saturated rings. The second-order valence-corrected chi connectivity index (χ2v) is 10.2. The zero-order valence-corrected chi connectivity index (χ0v) is 19.2. The van der Waals surface area contributed by atoms with Gasteiger partial charge in [0.05, 0.1) is 22.7 Å². The third kappa shape index (κ3) is 3.08. The minimum atomic E-state index is -0.687. The molecular weight excluding hydrogens is 412 g/mol. The van der Waals surface area contributed by atoms with E-state index in [1.54, 1.807) is 6.07 Å². The van der Waals surface area contributed by atoms with Crippen molar-refractivity contribution >= 4 is 17.8 Å². The molecule has 2 saturated carbocycles. The average molecular weight is 441 g/mol. The fraction of sp³-hybridized carbons (Fsp3) is 0.429. The summed E-state index contributed by atoms with van der Waals surface area (Å²) in [5.41, 5.74) is 2.19. The first kappa shape index (κ1) is 21.6. The van der Waals surface area contributed by atoms with Gasteiger partial charge >= 0.3 is 5.97 Å². The van der Waals surface area contributed by atoms with Crippen LogP contribution in [0.5, 0.6) is 0 Å². The van der Waals surface area contributed by atoms with Crippen LogP contribution in [0.3, 0.4) is 0 Å². The number of carbonyl (C=O) groups is 2. The van der Waals surface area contributed by atoms with Gasteiger partial charge in [-0.15, -0.1) is 0 Å². The van der Waals surface area contributed by atoms with Gasteiger partial charge in [-0.2, -0.15) is 5.26 Å². The van der Waals surface area contributed by atoms with Crippen LogP contribution in [0.4, 0.5) is 0 Å². The molecule has 0 amide bonds. The Morgan fingerprint density at radius 2 is 1.94 bits per heavy atom. The molecule has 3 aliphatic rings. The number of aromatic nitrogens is 1. The minimum Gasteiger partial charge on any atom is -0.462 e. The largest absolute Gasteiger partial charge is 0.462 e. The summed E-state index contributed by atoms with van der Waals surface area (Å²) in [5, 5.41) is 9.14. The monoisotopic (exact) mass is 440 g/mol. The maximum atomic E-state index is 13.0. The summed E-state index contributed by atoms with van der Waals surface area (Å²) in [4.78, 5) is 30.3. The van der Waals surface area contributed by atoms with E-state index in [9.17, 15) is 9.59 Å². The highest BCUT2D eigenvalue weighted by Crippen LogP contribution is 2.70. The molecule has 5 nitrogen and oxygen atoms in total. The number of hydrogen-bond acceptors (Lipinski definition) is 5. The lowest BCUT2D eigenvalue weighted by molar-refractivity contribution is -0.151. The molecule has 1 aromatic carbocycles. The molecule has 0 bridgehead atoms. The molecule has 168 valence electrons. The Morgan fingerprint density at radius 3 is 2.67 bits per heavy atom. The van der Waals surface area contributed by atoms with Crippen molar-refractivity contribution in [3.05, 3.63) is 59.9 Å². The van der Waals surface area contributed by atoms with Gasteiger partial charge in [0.2, 0.25) is 0 Å². The first-order valence-electron chi connectivity index (χ1n) is 11.7. The van der Waals surface area contributed by atoms with Gasteiger partial charge in [-0.25, -0.2) is 0 Å². The summed E-state index contributed by atoms with van der Waals surface area (Å²) in [6.07, 6.45) is 7.18. The van der Waals surface area contributed by atoms with Gasteiger partial charge in [-0.05, 0) is 60.9 Å². The predicted molar refractivity (Wildman–Crippen MR) is 125 cm³/mol.